The molecule has 0 bridgehead atoms. The summed E-state index contributed by atoms with van der Waals surface area (Å²) in [6.07, 6.45) is 2.08. The van der Waals surface area contributed by atoms with Gasteiger partial charge >= 0.3 is 0 Å². The van der Waals surface area contributed by atoms with Gasteiger partial charge in [-0.2, -0.15) is 0 Å². The summed E-state index contributed by atoms with van der Waals surface area (Å²) in [5.74, 6) is 1.85. The maximum atomic E-state index is 5.26. The van der Waals surface area contributed by atoms with E-state index >= 15 is 0 Å². The number of aliphatic imine (C=N–C) groups is 1. The van der Waals surface area contributed by atoms with Gasteiger partial charge in [0.2, 0.25) is 0 Å². The summed E-state index contributed by atoms with van der Waals surface area (Å²) in [6, 6.07) is 14.4. The number of nitrogens with one attached hydrogen (secondary N) is 1. The van der Waals surface area contributed by atoms with Gasteiger partial charge in [-0.1, -0.05) is 6.07 Å². The van der Waals surface area contributed by atoms with E-state index in [-0.39, 0.29) is 0 Å². The smallest absolute Gasteiger partial charge is 0.194 e. The number of anilines is 1. The zero-order valence-electron chi connectivity index (χ0n) is 18.0. The fourth-order valence-electron chi connectivity index (χ4n) is 3.83. The molecule has 1 aliphatic rings. The molecule has 1 fully saturated rings. The van der Waals surface area contributed by atoms with E-state index in [1.165, 1.54) is 11.4 Å². The van der Waals surface area contributed by atoms with Crippen molar-refractivity contribution >= 4 is 17.3 Å². The molecule has 0 unspecified atom stereocenters. The van der Waals surface area contributed by atoms with Crippen LogP contribution in [0.1, 0.15) is 18.3 Å². The molecule has 4 rings (SSSR count). The quantitative estimate of drug-likeness (QED) is 0.522. The molecular formula is C23H30N6O. The molecule has 158 valence electrons. The Balaban J connectivity index is 1.41. The summed E-state index contributed by atoms with van der Waals surface area (Å²) in [5, 5.41) is 3.44. The van der Waals surface area contributed by atoms with E-state index in [4.69, 9.17) is 14.7 Å². The van der Waals surface area contributed by atoms with Gasteiger partial charge in [-0.15, -0.1) is 0 Å². The van der Waals surface area contributed by atoms with Crippen LogP contribution in [0, 0.1) is 6.92 Å². The minimum absolute atomic E-state index is 0.572. The lowest BCUT2D eigenvalue weighted by molar-refractivity contribution is 0.372. The standard InChI is InChI=1S/C23H30N6O/c1-4-24-23(25-16-19-17-29-18(2)6-5-7-22(29)26-19)28-14-12-27(13-15-28)20-8-10-21(30-3)11-9-20/h5-11,17H,4,12-16H2,1-3H3,(H,24,25). The van der Waals surface area contributed by atoms with Crippen LogP contribution in [0.2, 0.25) is 0 Å². The number of rotatable bonds is 5. The van der Waals surface area contributed by atoms with Crippen LogP contribution in [0.4, 0.5) is 5.69 Å². The second-order valence-corrected chi connectivity index (χ2v) is 7.47. The van der Waals surface area contributed by atoms with Gasteiger partial charge in [0.1, 0.15) is 11.4 Å². The van der Waals surface area contributed by atoms with Gasteiger partial charge < -0.3 is 24.3 Å². The zero-order chi connectivity index (χ0) is 20.9. The number of piperazine rings is 1. The summed E-state index contributed by atoms with van der Waals surface area (Å²) >= 11 is 0. The van der Waals surface area contributed by atoms with Gasteiger partial charge in [-0.3, -0.25) is 0 Å². The highest BCUT2D eigenvalue weighted by atomic mass is 16.5. The van der Waals surface area contributed by atoms with Crippen molar-refractivity contribution in [3.05, 3.63) is 60.0 Å². The Morgan fingerprint density at radius 3 is 2.53 bits per heavy atom. The van der Waals surface area contributed by atoms with E-state index in [0.29, 0.717) is 6.54 Å². The minimum atomic E-state index is 0.572. The first kappa shape index (κ1) is 20.1. The van der Waals surface area contributed by atoms with Crippen LogP contribution >= 0.6 is 0 Å². The average Bonchev–Trinajstić information content (AvgIpc) is 3.21. The van der Waals surface area contributed by atoms with Crippen LogP contribution < -0.4 is 15.0 Å². The van der Waals surface area contributed by atoms with E-state index < -0.39 is 0 Å². The number of aryl methyl sites for hydroxylation is 1. The van der Waals surface area contributed by atoms with Crippen LogP contribution in [-0.2, 0) is 6.54 Å². The Morgan fingerprint density at radius 1 is 1.10 bits per heavy atom. The summed E-state index contributed by atoms with van der Waals surface area (Å²) in [6.45, 7) is 9.41. The highest BCUT2D eigenvalue weighted by molar-refractivity contribution is 5.80. The summed E-state index contributed by atoms with van der Waals surface area (Å²) < 4.78 is 7.38. The van der Waals surface area contributed by atoms with Crippen molar-refractivity contribution in [2.45, 2.75) is 20.4 Å². The molecule has 1 N–H and O–H groups in total. The van der Waals surface area contributed by atoms with Gasteiger partial charge in [0.15, 0.2) is 5.96 Å². The normalized spacial score (nSPS) is 15.0. The fourth-order valence-corrected chi connectivity index (χ4v) is 3.83. The number of fused-ring (bicyclic) bond motifs is 1. The average molecular weight is 407 g/mol. The number of guanidine groups is 1. The van der Waals surface area contributed by atoms with Gasteiger partial charge in [0.25, 0.3) is 0 Å². The molecule has 3 heterocycles. The number of benzene rings is 1. The highest BCUT2D eigenvalue weighted by Crippen LogP contribution is 2.20. The van der Waals surface area contributed by atoms with Crippen LogP contribution in [0.3, 0.4) is 0 Å². The van der Waals surface area contributed by atoms with Gasteiger partial charge in [-0.25, -0.2) is 9.98 Å². The van der Waals surface area contributed by atoms with E-state index in [9.17, 15) is 0 Å². The number of imidazole rings is 1. The number of nitrogens with zero attached hydrogens (tertiary/aromatic N) is 5. The van der Waals surface area contributed by atoms with E-state index in [2.05, 4.69) is 57.8 Å². The molecule has 1 saturated heterocycles. The lowest BCUT2D eigenvalue weighted by atomic mass is 10.2. The van der Waals surface area contributed by atoms with Crippen molar-refractivity contribution in [2.75, 3.05) is 44.7 Å². The largest absolute Gasteiger partial charge is 0.497 e. The molecule has 0 radical (unpaired) electrons. The Morgan fingerprint density at radius 2 is 1.87 bits per heavy atom. The Hall–Kier alpha value is -3.22. The van der Waals surface area contributed by atoms with Gasteiger partial charge in [0, 0.05) is 50.3 Å². The third kappa shape index (κ3) is 4.35. The summed E-state index contributed by atoms with van der Waals surface area (Å²) in [7, 11) is 1.70. The van der Waals surface area contributed by atoms with Crippen LogP contribution in [0.15, 0.2) is 53.7 Å². The van der Waals surface area contributed by atoms with Crippen molar-refractivity contribution in [1.29, 1.82) is 0 Å². The van der Waals surface area contributed by atoms with Gasteiger partial charge in [-0.05, 0) is 50.2 Å². The minimum Gasteiger partial charge on any atom is -0.497 e. The third-order valence-corrected chi connectivity index (χ3v) is 5.49. The topological polar surface area (TPSA) is 57.4 Å². The molecule has 0 spiro atoms. The Labute approximate surface area is 178 Å². The molecule has 1 aromatic carbocycles. The molecule has 1 aliphatic heterocycles. The number of pyridine rings is 1. The predicted molar refractivity (Wildman–Crippen MR) is 122 cm³/mol. The number of hydrogen-bond acceptors (Lipinski definition) is 4. The first-order valence-corrected chi connectivity index (χ1v) is 10.5. The first-order valence-electron chi connectivity index (χ1n) is 10.5. The summed E-state index contributed by atoms with van der Waals surface area (Å²) in [5.41, 5.74) is 4.36. The maximum Gasteiger partial charge on any atom is 0.194 e. The molecule has 3 aromatic rings. The maximum absolute atomic E-state index is 5.26. The highest BCUT2D eigenvalue weighted by Gasteiger charge is 2.20. The van der Waals surface area contributed by atoms with Crippen molar-refractivity contribution in [2.24, 2.45) is 4.99 Å². The second-order valence-electron chi connectivity index (χ2n) is 7.47. The molecule has 7 heteroatoms. The van der Waals surface area contributed by atoms with Crippen LogP contribution in [-0.4, -0.2) is 60.1 Å². The zero-order valence-corrected chi connectivity index (χ0v) is 18.0. The molecule has 30 heavy (non-hydrogen) atoms. The molecule has 0 saturated carbocycles. The van der Waals surface area contributed by atoms with E-state index in [1.54, 1.807) is 7.11 Å². The Bertz CT molecular complexity index is 1000. The van der Waals surface area contributed by atoms with Crippen molar-refractivity contribution in [1.82, 2.24) is 19.6 Å². The lowest BCUT2D eigenvalue weighted by Gasteiger charge is -2.37. The molecule has 2 aromatic heterocycles. The fraction of sp³-hybridized carbons (Fsp3) is 0.391. The molecule has 0 aliphatic carbocycles. The lowest BCUT2D eigenvalue weighted by Crippen LogP contribution is -2.52. The van der Waals surface area contributed by atoms with Crippen molar-refractivity contribution < 1.29 is 4.74 Å². The molecule has 7 nitrogen and oxygen atoms in total. The number of methoxy groups -OCH3 is 1. The molecule has 0 atom stereocenters. The number of aromatic nitrogens is 2. The van der Waals surface area contributed by atoms with E-state index in [1.807, 2.05) is 24.3 Å². The van der Waals surface area contributed by atoms with Gasteiger partial charge in [0.05, 0.1) is 19.3 Å². The molecule has 0 amide bonds. The van der Waals surface area contributed by atoms with Crippen molar-refractivity contribution in [3.63, 3.8) is 0 Å². The first-order chi connectivity index (χ1) is 14.7. The SMILES string of the molecule is CCNC(=NCc1cn2c(C)cccc2n1)N1CCN(c2ccc(OC)cc2)CC1. The predicted octanol–water partition coefficient (Wildman–Crippen LogP) is 2.94. The molecular weight excluding hydrogens is 376 g/mol. The summed E-state index contributed by atoms with van der Waals surface area (Å²) in [4.78, 5) is 14.3. The van der Waals surface area contributed by atoms with Crippen LogP contribution in [0.25, 0.3) is 5.65 Å². The van der Waals surface area contributed by atoms with Crippen molar-refractivity contribution in [3.8, 4) is 5.75 Å². The number of hydrogen-bond donors (Lipinski definition) is 1. The third-order valence-electron chi connectivity index (χ3n) is 5.49. The monoisotopic (exact) mass is 406 g/mol. The van der Waals surface area contributed by atoms with E-state index in [0.717, 1.165) is 55.8 Å². The van der Waals surface area contributed by atoms with Crippen LogP contribution in [0.5, 0.6) is 5.75 Å². The number of ether oxygens (including phenoxy) is 1. The second kappa shape index (κ2) is 9.07. The Kier molecular flexibility index (Phi) is 6.07.